The van der Waals surface area contributed by atoms with Gasteiger partial charge >= 0.3 is 0 Å². The second-order valence-electron chi connectivity index (χ2n) is 14.2. The molecule has 0 bridgehead atoms. The van der Waals surface area contributed by atoms with Crippen LogP contribution < -0.4 is 5.62 Å². The Labute approximate surface area is 322 Å². The summed E-state index contributed by atoms with van der Waals surface area (Å²) in [7, 11) is 0. The molecule has 6 nitrogen and oxygen atoms in total. The summed E-state index contributed by atoms with van der Waals surface area (Å²) >= 11 is 1.86. The number of nitrogens with one attached hydrogen (secondary N) is 2. The Balaban J connectivity index is 0.996. The van der Waals surface area contributed by atoms with E-state index in [1.165, 1.54) is 47.2 Å². The molecule has 12 rings (SSSR count). The molecule has 0 amide bonds. The first kappa shape index (κ1) is 31.0. The number of hydrogen-bond acceptors (Lipinski definition) is 4. The van der Waals surface area contributed by atoms with Crippen molar-refractivity contribution in [2.24, 2.45) is 4.99 Å². The Morgan fingerprint density at radius 3 is 2.11 bits per heavy atom. The van der Waals surface area contributed by atoms with Gasteiger partial charge in [0, 0.05) is 59.2 Å². The molecule has 12 aromatic rings. The van der Waals surface area contributed by atoms with Gasteiger partial charge in [0.05, 0.1) is 26.9 Å². The molecule has 0 aliphatic rings. The molecule has 0 radical (unpaired) electrons. The molecule has 2 N–H and O–H groups in total. The van der Waals surface area contributed by atoms with E-state index in [-0.39, 0.29) is 5.84 Å². The zero-order valence-electron chi connectivity index (χ0n) is 29.7. The fourth-order valence-electron chi connectivity index (χ4n) is 8.59. The summed E-state index contributed by atoms with van der Waals surface area (Å²) in [6.45, 7) is 0. The van der Waals surface area contributed by atoms with Crippen molar-refractivity contribution in [3.63, 3.8) is 0 Å². The quantitative estimate of drug-likeness (QED) is 0.140. The molecule has 0 spiro atoms. The van der Waals surface area contributed by atoms with Crippen molar-refractivity contribution in [2.75, 3.05) is 0 Å². The lowest BCUT2D eigenvalue weighted by Gasteiger charge is -2.11. The highest BCUT2D eigenvalue weighted by Crippen LogP contribution is 2.47. The van der Waals surface area contributed by atoms with Crippen LogP contribution in [0.3, 0.4) is 0 Å². The van der Waals surface area contributed by atoms with Crippen LogP contribution in [-0.4, -0.2) is 20.4 Å². The molecule has 0 saturated carbocycles. The van der Waals surface area contributed by atoms with E-state index in [0.29, 0.717) is 11.2 Å². The highest BCUT2D eigenvalue weighted by Gasteiger charge is 2.21. The second-order valence-corrected chi connectivity index (χ2v) is 15.2. The van der Waals surface area contributed by atoms with Crippen molar-refractivity contribution in [1.29, 1.82) is 5.41 Å². The molecule has 7 heteroatoms. The first-order chi connectivity index (χ1) is 27.7. The summed E-state index contributed by atoms with van der Waals surface area (Å²) in [5.74, 6) is 0.120. The van der Waals surface area contributed by atoms with Gasteiger partial charge in [0.2, 0.25) is 5.62 Å². The van der Waals surface area contributed by atoms with Crippen LogP contribution in [0.5, 0.6) is 0 Å². The van der Waals surface area contributed by atoms with E-state index in [2.05, 4.69) is 119 Å². The van der Waals surface area contributed by atoms with Crippen molar-refractivity contribution >= 4 is 103 Å². The third-order valence-electron chi connectivity index (χ3n) is 11.1. The van der Waals surface area contributed by atoms with E-state index < -0.39 is 0 Å². The fraction of sp³-hybridized carbons (Fsp3) is 0. The van der Waals surface area contributed by atoms with Crippen molar-refractivity contribution in [2.45, 2.75) is 0 Å². The Morgan fingerprint density at radius 2 is 1.27 bits per heavy atom. The number of thiophene rings is 1. The molecule has 0 unspecified atom stereocenters. The summed E-state index contributed by atoms with van der Waals surface area (Å²) < 4.78 is 11.2. The predicted molar refractivity (Wildman–Crippen MR) is 232 cm³/mol. The Morgan fingerprint density at radius 1 is 0.607 bits per heavy atom. The van der Waals surface area contributed by atoms with Crippen molar-refractivity contribution in [3.05, 3.63) is 175 Å². The van der Waals surface area contributed by atoms with Crippen LogP contribution in [0.25, 0.3) is 103 Å². The Hall–Kier alpha value is -7.35. The number of aromatic nitrogens is 3. The largest absolute Gasteiger partial charge is 0.456 e. The van der Waals surface area contributed by atoms with Crippen molar-refractivity contribution < 1.29 is 4.42 Å². The molecule has 0 fully saturated rings. The van der Waals surface area contributed by atoms with Gasteiger partial charge < -0.3 is 14.0 Å². The number of H-pyrrole nitrogens is 1. The second kappa shape index (κ2) is 11.8. The van der Waals surface area contributed by atoms with Crippen LogP contribution >= 0.6 is 11.3 Å². The molecule has 4 heterocycles. The average molecular weight is 736 g/mol. The highest BCUT2D eigenvalue weighted by atomic mass is 32.1. The molecule has 0 aliphatic carbocycles. The predicted octanol–water partition coefficient (Wildman–Crippen LogP) is 12.7. The van der Waals surface area contributed by atoms with E-state index in [4.69, 9.17) is 19.8 Å². The zero-order valence-corrected chi connectivity index (χ0v) is 30.6. The van der Waals surface area contributed by atoms with E-state index in [0.717, 1.165) is 55.3 Å². The number of fused-ring (bicyclic) bond motifs is 14. The maximum atomic E-state index is 9.14. The van der Waals surface area contributed by atoms with E-state index in [9.17, 15) is 0 Å². The standard InChI is InChI=1S/C49H29N5OS/c50-48(53-49-51-38-17-7-3-14-35(38)45(52-49)29-23-26-32-31-11-5-9-19-40(31)55-41(32)27-29)28-21-24-30(25-22-28)54-39-18-8-4-15-36(39)43-33-12-1-2-13-34(33)44-37-16-6-10-20-42(37)56-47(44)46(43)54/h1-27H,(H2,50,51,52,53). The molecule has 56 heavy (non-hydrogen) atoms. The number of rotatable bonds is 3. The van der Waals surface area contributed by atoms with Gasteiger partial charge in [-0.3, -0.25) is 5.41 Å². The van der Waals surface area contributed by atoms with E-state index in [1.807, 2.05) is 65.9 Å². The first-order valence-electron chi connectivity index (χ1n) is 18.6. The molecule has 4 aromatic heterocycles. The van der Waals surface area contributed by atoms with E-state index >= 15 is 0 Å². The van der Waals surface area contributed by atoms with Crippen LogP contribution in [0, 0.1) is 5.41 Å². The number of amidine groups is 1. The fourth-order valence-corrected chi connectivity index (χ4v) is 9.85. The number of aromatic amines is 1. The molecule has 0 atom stereocenters. The van der Waals surface area contributed by atoms with Gasteiger partial charge in [0.1, 0.15) is 11.2 Å². The first-order valence-corrected chi connectivity index (χ1v) is 19.4. The Bertz CT molecular complexity index is 3680. The number of furan rings is 1. The third-order valence-corrected chi connectivity index (χ3v) is 12.2. The van der Waals surface area contributed by atoms with Gasteiger partial charge in [-0.05, 0) is 71.4 Å². The normalized spacial score (nSPS) is 12.5. The molecular weight excluding hydrogens is 707 g/mol. The minimum absolute atomic E-state index is 0.120. The molecular formula is C49H29N5OS. The monoisotopic (exact) mass is 735 g/mol. The van der Waals surface area contributed by atoms with Crippen LogP contribution in [0.4, 0.5) is 0 Å². The van der Waals surface area contributed by atoms with Crippen molar-refractivity contribution in [3.8, 4) is 16.9 Å². The van der Waals surface area contributed by atoms with Gasteiger partial charge in [-0.2, -0.15) is 4.99 Å². The van der Waals surface area contributed by atoms with Crippen LogP contribution in [0.2, 0.25) is 0 Å². The van der Waals surface area contributed by atoms with Gasteiger partial charge in [-0.25, -0.2) is 4.98 Å². The molecule has 8 aromatic carbocycles. The lowest BCUT2D eigenvalue weighted by atomic mass is 9.99. The zero-order chi connectivity index (χ0) is 36.9. The maximum Gasteiger partial charge on any atom is 0.229 e. The van der Waals surface area contributed by atoms with Gasteiger partial charge in [-0.1, -0.05) is 103 Å². The summed E-state index contributed by atoms with van der Waals surface area (Å²) in [5.41, 5.74) is 8.67. The van der Waals surface area contributed by atoms with Crippen LogP contribution in [0.1, 0.15) is 5.56 Å². The summed E-state index contributed by atoms with van der Waals surface area (Å²) in [6, 6.07) is 56.7. The lowest BCUT2D eigenvalue weighted by Crippen LogP contribution is -2.17. The third kappa shape index (κ3) is 4.52. The SMILES string of the molecule is N=C(N=c1nc(-c2ccc3c(c2)oc2ccccc23)c2ccccc2[nH]1)c1ccc(-n2c3ccccc3c3c4ccccc4c4c5ccccc5sc4c32)cc1. The maximum absolute atomic E-state index is 9.14. The summed E-state index contributed by atoms with van der Waals surface area (Å²) in [6.07, 6.45) is 0. The lowest BCUT2D eigenvalue weighted by molar-refractivity contribution is 0.669. The van der Waals surface area contributed by atoms with Crippen LogP contribution in [-0.2, 0) is 0 Å². The highest BCUT2D eigenvalue weighted by molar-refractivity contribution is 7.27. The van der Waals surface area contributed by atoms with Gasteiger partial charge in [0.25, 0.3) is 0 Å². The number of benzene rings is 8. The van der Waals surface area contributed by atoms with Crippen LogP contribution in [0.15, 0.2) is 173 Å². The van der Waals surface area contributed by atoms with Gasteiger partial charge in [0.15, 0.2) is 5.84 Å². The number of nitrogens with zero attached hydrogens (tertiary/aromatic N) is 3. The molecule has 0 saturated heterocycles. The van der Waals surface area contributed by atoms with Gasteiger partial charge in [-0.15, -0.1) is 11.3 Å². The minimum atomic E-state index is 0.120. The minimum Gasteiger partial charge on any atom is -0.456 e. The molecule has 262 valence electrons. The number of hydrogen-bond donors (Lipinski definition) is 2. The smallest absolute Gasteiger partial charge is 0.229 e. The Kier molecular flexibility index (Phi) is 6.55. The number of para-hydroxylation sites is 3. The molecule has 0 aliphatic heterocycles. The topological polar surface area (TPSA) is 83.0 Å². The van der Waals surface area contributed by atoms with Crippen molar-refractivity contribution in [1.82, 2.24) is 14.5 Å². The summed E-state index contributed by atoms with van der Waals surface area (Å²) in [4.78, 5) is 13.1. The van der Waals surface area contributed by atoms with E-state index in [1.54, 1.807) is 0 Å². The summed E-state index contributed by atoms with van der Waals surface area (Å²) in [5, 5.41) is 19.8. The average Bonchev–Trinajstić information content (AvgIpc) is 3.93.